The third-order valence-corrected chi connectivity index (χ3v) is 4.73. The smallest absolute Gasteiger partial charge is 0.146 e. The maximum absolute atomic E-state index is 12.0. The quantitative estimate of drug-likeness (QED) is 0.804. The van der Waals surface area contributed by atoms with E-state index >= 15 is 0 Å². The number of ether oxygens (including phenoxy) is 2. The lowest BCUT2D eigenvalue weighted by molar-refractivity contribution is -0.133. The van der Waals surface area contributed by atoms with Crippen molar-refractivity contribution in [2.45, 2.75) is 32.6 Å². The molecule has 1 saturated carbocycles. The summed E-state index contributed by atoms with van der Waals surface area (Å²) in [4.78, 5) is 24.0. The minimum atomic E-state index is -0.835. The Morgan fingerprint density at radius 1 is 1.23 bits per heavy atom. The van der Waals surface area contributed by atoms with Crippen LogP contribution in [0.5, 0.6) is 11.5 Å². The predicted octanol–water partition coefficient (Wildman–Crippen LogP) is 3.19. The zero-order valence-electron chi connectivity index (χ0n) is 13.0. The molecule has 2 aliphatic rings. The molecule has 1 aliphatic carbocycles. The second-order valence-corrected chi connectivity index (χ2v) is 6.07. The largest absolute Gasteiger partial charge is 0.497 e. The molecule has 0 aromatic heterocycles. The molecule has 0 atom stereocenters. The Labute approximate surface area is 130 Å². The molecule has 0 bridgehead atoms. The SMILES string of the molecule is COc1ccc2c(c1)OCC/C2=C\CC1(C)C(=O)CCC1=O. The van der Waals surface area contributed by atoms with Crippen LogP contribution in [0.15, 0.2) is 24.3 Å². The van der Waals surface area contributed by atoms with Crippen LogP contribution in [0.4, 0.5) is 0 Å². The van der Waals surface area contributed by atoms with Crippen molar-refractivity contribution in [3.05, 3.63) is 29.8 Å². The highest BCUT2D eigenvalue weighted by Crippen LogP contribution is 2.39. The van der Waals surface area contributed by atoms with E-state index in [4.69, 9.17) is 9.47 Å². The van der Waals surface area contributed by atoms with Gasteiger partial charge in [-0.3, -0.25) is 9.59 Å². The van der Waals surface area contributed by atoms with E-state index in [0.29, 0.717) is 25.9 Å². The van der Waals surface area contributed by atoms with Gasteiger partial charge >= 0.3 is 0 Å². The van der Waals surface area contributed by atoms with Gasteiger partial charge in [-0.15, -0.1) is 0 Å². The molecule has 1 aromatic rings. The minimum absolute atomic E-state index is 0.0661. The van der Waals surface area contributed by atoms with Crippen molar-refractivity contribution < 1.29 is 19.1 Å². The molecule has 1 heterocycles. The lowest BCUT2D eigenvalue weighted by Crippen LogP contribution is -2.28. The number of carbonyl (C=O) groups is 2. The molecule has 0 amide bonds. The fourth-order valence-electron chi connectivity index (χ4n) is 3.12. The summed E-state index contributed by atoms with van der Waals surface area (Å²) in [6.45, 7) is 2.38. The predicted molar refractivity (Wildman–Crippen MR) is 83.1 cm³/mol. The van der Waals surface area contributed by atoms with Crippen molar-refractivity contribution in [3.8, 4) is 11.5 Å². The first kappa shape index (κ1) is 14.8. The van der Waals surface area contributed by atoms with E-state index in [1.54, 1.807) is 14.0 Å². The topological polar surface area (TPSA) is 52.6 Å². The summed E-state index contributed by atoms with van der Waals surface area (Å²) in [6.07, 6.45) is 4.07. The molecule has 4 nitrogen and oxygen atoms in total. The normalized spacial score (nSPS) is 21.6. The van der Waals surface area contributed by atoms with E-state index in [1.807, 2.05) is 24.3 Å². The molecule has 0 saturated heterocycles. The Bertz CT molecular complexity index is 641. The van der Waals surface area contributed by atoms with Crippen LogP contribution < -0.4 is 9.47 Å². The fourth-order valence-corrected chi connectivity index (χ4v) is 3.12. The second-order valence-electron chi connectivity index (χ2n) is 6.07. The Hall–Kier alpha value is -2.10. The second kappa shape index (κ2) is 5.59. The van der Waals surface area contributed by atoms with Crippen LogP contribution in [0.2, 0.25) is 0 Å². The van der Waals surface area contributed by atoms with Gasteiger partial charge in [0, 0.05) is 30.9 Å². The molecule has 0 unspecified atom stereocenters. The summed E-state index contributed by atoms with van der Waals surface area (Å²) in [5, 5.41) is 0. The van der Waals surface area contributed by atoms with Gasteiger partial charge < -0.3 is 9.47 Å². The van der Waals surface area contributed by atoms with Crippen molar-refractivity contribution in [2.24, 2.45) is 5.41 Å². The molecular weight excluding hydrogens is 280 g/mol. The van der Waals surface area contributed by atoms with Crippen LogP contribution >= 0.6 is 0 Å². The van der Waals surface area contributed by atoms with Crippen molar-refractivity contribution in [1.82, 2.24) is 0 Å². The first-order chi connectivity index (χ1) is 10.5. The van der Waals surface area contributed by atoms with Gasteiger partial charge in [0.2, 0.25) is 0 Å². The number of methoxy groups -OCH3 is 1. The number of hydrogen-bond donors (Lipinski definition) is 0. The number of rotatable bonds is 3. The lowest BCUT2D eigenvalue weighted by Gasteiger charge is -2.23. The summed E-state index contributed by atoms with van der Waals surface area (Å²) < 4.78 is 10.9. The molecule has 116 valence electrons. The maximum Gasteiger partial charge on any atom is 0.146 e. The third kappa shape index (κ3) is 2.43. The number of hydrogen-bond acceptors (Lipinski definition) is 4. The van der Waals surface area contributed by atoms with E-state index in [2.05, 4.69) is 0 Å². The van der Waals surface area contributed by atoms with Crippen LogP contribution in [0.1, 0.15) is 38.2 Å². The highest BCUT2D eigenvalue weighted by molar-refractivity contribution is 6.12. The van der Waals surface area contributed by atoms with Gasteiger partial charge in [-0.25, -0.2) is 0 Å². The molecule has 22 heavy (non-hydrogen) atoms. The van der Waals surface area contributed by atoms with Gasteiger partial charge in [0.1, 0.15) is 23.1 Å². The number of ketones is 2. The first-order valence-electron chi connectivity index (χ1n) is 7.61. The molecule has 0 N–H and O–H groups in total. The van der Waals surface area contributed by atoms with E-state index in [9.17, 15) is 9.59 Å². The fraction of sp³-hybridized carbons (Fsp3) is 0.444. The van der Waals surface area contributed by atoms with Gasteiger partial charge in [-0.05, 0) is 31.1 Å². The van der Waals surface area contributed by atoms with Crippen molar-refractivity contribution in [1.29, 1.82) is 0 Å². The van der Waals surface area contributed by atoms with Gasteiger partial charge in [0.15, 0.2) is 0 Å². The van der Waals surface area contributed by atoms with Crippen molar-refractivity contribution >= 4 is 17.1 Å². The molecule has 0 spiro atoms. The minimum Gasteiger partial charge on any atom is -0.497 e. The third-order valence-electron chi connectivity index (χ3n) is 4.73. The van der Waals surface area contributed by atoms with Gasteiger partial charge in [0.05, 0.1) is 19.1 Å². The Morgan fingerprint density at radius 2 is 1.95 bits per heavy atom. The molecule has 1 aromatic carbocycles. The Balaban J connectivity index is 1.88. The number of carbonyl (C=O) groups excluding carboxylic acids is 2. The van der Waals surface area contributed by atoms with Crippen molar-refractivity contribution in [2.75, 3.05) is 13.7 Å². The zero-order chi connectivity index (χ0) is 15.7. The number of allylic oxidation sites excluding steroid dienone is 1. The Kier molecular flexibility index (Phi) is 3.77. The number of fused-ring (bicyclic) bond motifs is 1. The average Bonchev–Trinajstić information content (AvgIpc) is 2.80. The number of benzene rings is 1. The maximum atomic E-state index is 12.0. The number of Topliss-reactive ketones (excluding diaryl/α,β-unsaturated/α-hetero) is 2. The molecule has 3 rings (SSSR count). The lowest BCUT2D eigenvalue weighted by atomic mass is 9.81. The van der Waals surface area contributed by atoms with Gasteiger partial charge in [-0.2, -0.15) is 0 Å². The monoisotopic (exact) mass is 300 g/mol. The summed E-state index contributed by atoms with van der Waals surface area (Å²) in [5.41, 5.74) is 1.32. The van der Waals surface area contributed by atoms with Crippen LogP contribution in [0, 0.1) is 5.41 Å². The molecule has 4 heteroatoms. The molecule has 1 fully saturated rings. The van der Waals surface area contributed by atoms with E-state index in [0.717, 1.165) is 29.1 Å². The van der Waals surface area contributed by atoms with E-state index in [1.165, 1.54) is 0 Å². The van der Waals surface area contributed by atoms with Crippen LogP contribution in [-0.2, 0) is 9.59 Å². The zero-order valence-corrected chi connectivity index (χ0v) is 13.0. The van der Waals surface area contributed by atoms with Gasteiger partial charge in [0.25, 0.3) is 0 Å². The standard InChI is InChI=1S/C18H20O4/c1-18(16(19)5-6-17(18)20)9-7-12-8-10-22-15-11-13(21-2)3-4-14(12)15/h3-4,7,11H,5-6,8-10H2,1-2H3/b12-7+. The summed E-state index contributed by atoms with van der Waals surface area (Å²) in [6, 6.07) is 5.74. The summed E-state index contributed by atoms with van der Waals surface area (Å²) in [7, 11) is 1.62. The molecule has 1 aliphatic heterocycles. The van der Waals surface area contributed by atoms with Gasteiger partial charge in [-0.1, -0.05) is 6.08 Å². The van der Waals surface area contributed by atoms with E-state index < -0.39 is 5.41 Å². The molecule has 0 radical (unpaired) electrons. The first-order valence-corrected chi connectivity index (χ1v) is 7.61. The van der Waals surface area contributed by atoms with Crippen molar-refractivity contribution in [3.63, 3.8) is 0 Å². The highest BCUT2D eigenvalue weighted by Gasteiger charge is 2.44. The Morgan fingerprint density at radius 3 is 2.64 bits per heavy atom. The highest BCUT2D eigenvalue weighted by atomic mass is 16.5. The summed E-state index contributed by atoms with van der Waals surface area (Å²) in [5.74, 6) is 1.69. The van der Waals surface area contributed by atoms with E-state index in [-0.39, 0.29) is 11.6 Å². The van der Waals surface area contributed by atoms with Crippen LogP contribution in [-0.4, -0.2) is 25.3 Å². The summed E-state index contributed by atoms with van der Waals surface area (Å²) >= 11 is 0. The van der Waals surface area contributed by atoms with Crippen LogP contribution in [0.25, 0.3) is 5.57 Å². The average molecular weight is 300 g/mol. The van der Waals surface area contributed by atoms with Crippen LogP contribution in [0.3, 0.4) is 0 Å². The molecular formula is C18H20O4.